The number of allylic oxidation sites excluding steroid dienone is 4. The number of benzene rings is 4. The van der Waals surface area contributed by atoms with Crippen LogP contribution in [0.2, 0.25) is 0 Å². The molecule has 4 aromatic carbocycles. The molecule has 8 rings (SSSR count). The molecule has 0 spiro atoms. The van der Waals surface area contributed by atoms with E-state index in [-0.39, 0.29) is 30.4 Å². The molecule has 4 atom stereocenters. The van der Waals surface area contributed by atoms with E-state index in [2.05, 4.69) is 29.4 Å². The summed E-state index contributed by atoms with van der Waals surface area (Å²) in [7, 11) is 3.73. The van der Waals surface area contributed by atoms with E-state index in [1.165, 1.54) is 12.1 Å². The summed E-state index contributed by atoms with van der Waals surface area (Å²) in [5.74, 6) is -0.362. The van der Waals surface area contributed by atoms with Crippen molar-refractivity contribution < 1.29 is 28.6 Å². The molecule has 0 aliphatic carbocycles. The number of hydrogen-bond donors (Lipinski definition) is 1. The van der Waals surface area contributed by atoms with Crippen molar-refractivity contribution in [2.24, 2.45) is 15.6 Å². The highest BCUT2D eigenvalue weighted by Gasteiger charge is 2.48. The van der Waals surface area contributed by atoms with E-state index < -0.39 is 28.3 Å². The van der Waals surface area contributed by atoms with Crippen LogP contribution < -0.4 is 0 Å². The maximum atomic E-state index is 13.5. The molecule has 13 heteroatoms. The van der Waals surface area contributed by atoms with Gasteiger partial charge in [-0.2, -0.15) is 15.5 Å². The van der Waals surface area contributed by atoms with Crippen molar-refractivity contribution in [2.75, 3.05) is 27.2 Å². The molecule has 4 heterocycles. The number of likely N-dealkylation sites (N-methyl/N-ethyl adjacent to an activating group) is 2. The number of ether oxygens (including phenoxy) is 2. The average Bonchev–Trinajstić information content (AvgIpc) is 3.33. The molecule has 70 heavy (non-hydrogen) atoms. The SMILES string of the molecule is C=C1C=CC(c2ccc([C@H](C)N3CC[C@](CC(C)(C)C#N)(c4ccccc4)OC3=O)cc2)=NN1C.C=C1C=CC(c2ccc([C@H](C)N3CC[C@](CC(C)(C)O)(c4ccc(F)cc4)OC3=O)cc2)=NN1C. The van der Waals surface area contributed by atoms with E-state index in [0.29, 0.717) is 37.9 Å². The van der Waals surface area contributed by atoms with Crippen LogP contribution in [0.4, 0.5) is 14.0 Å². The summed E-state index contributed by atoms with van der Waals surface area (Å²) in [5.41, 5.74) is 5.40. The summed E-state index contributed by atoms with van der Waals surface area (Å²) in [4.78, 5) is 30.0. The lowest BCUT2D eigenvalue weighted by molar-refractivity contribution is -0.101. The van der Waals surface area contributed by atoms with E-state index in [1.807, 2.05) is 145 Å². The van der Waals surface area contributed by atoms with Crippen LogP contribution in [0.15, 0.2) is 162 Å². The highest BCUT2D eigenvalue weighted by Crippen LogP contribution is 2.45. The minimum Gasteiger partial charge on any atom is -0.438 e. The first-order valence-corrected chi connectivity index (χ1v) is 23.7. The summed E-state index contributed by atoms with van der Waals surface area (Å²) >= 11 is 0. The van der Waals surface area contributed by atoms with Gasteiger partial charge in [-0.1, -0.05) is 104 Å². The van der Waals surface area contributed by atoms with Crippen LogP contribution in [0.25, 0.3) is 0 Å². The van der Waals surface area contributed by atoms with Crippen molar-refractivity contribution in [3.63, 3.8) is 0 Å². The van der Waals surface area contributed by atoms with Gasteiger partial charge >= 0.3 is 12.2 Å². The summed E-state index contributed by atoms with van der Waals surface area (Å²) in [6, 6.07) is 33.8. The third-order valence-electron chi connectivity index (χ3n) is 13.5. The molecule has 4 aliphatic heterocycles. The predicted molar refractivity (Wildman–Crippen MR) is 272 cm³/mol. The number of halogens is 1. The van der Waals surface area contributed by atoms with Crippen molar-refractivity contribution in [2.45, 2.75) is 96.1 Å². The van der Waals surface area contributed by atoms with Gasteiger partial charge in [0.25, 0.3) is 0 Å². The molecule has 2 fully saturated rings. The van der Waals surface area contributed by atoms with E-state index in [1.54, 1.807) is 45.8 Å². The van der Waals surface area contributed by atoms with Gasteiger partial charge in [-0.05, 0) is 100 Å². The Morgan fingerprint density at radius 2 is 1.09 bits per heavy atom. The van der Waals surface area contributed by atoms with Crippen LogP contribution in [0.1, 0.15) is 113 Å². The Morgan fingerprint density at radius 1 is 0.671 bits per heavy atom. The lowest BCUT2D eigenvalue weighted by atomic mass is 9.75. The molecule has 0 saturated carbocycles. The van der Waals surface area contributed by atoms with Crippen LogP contribution in [-0.4, -0.2) is 81.3 Å². The second-order valence-electron chi connectivity index (χ2n) is 19.9. The van der Waals surface area contributed by atoms with Gasteiger partial charge in [0.2, 0.25) is 0 Å². The zero-order valence-electron chi connectivity index (χ0n) is 41.5. The number of nitriles is 1. The van der Waals surface area contributed by atoms with Gasteiger partial charge < -0.3 is 24.4 Å². The van der Waals surface area contributed by atoms with Crippen molar-refractivity contribution >= 4 is 23.6 Å². The number of nitrogens with zero attached hydrogens (tertiary/aromatic N) is 7. The molecule has 1 N–H and O–H groups in total. The van der Waals surface area contributed by atoms with Crippen LogP contribution >= 0.6 is 0 Å². The Hall–Kier alpha value is -7.30. The number of hydrogen-bond acceptors (Lipinski definition) is 10. The summed E-state index contributed by atoms with van der Waals surface area (Å²) < 4.78 is 25.8. The molecule has 0 bridgehead atoms. The Morgan fingerprint density at radius 3 is 1.47 bits per heavy atom. The summed E-state index contributed by atoms with van der Waals surface area (Å²) in [6.07, 6.45) is 8.69. The van der Waals surface area contributed by atoms with Crippen molar-refractivity contribution in [3.05, 3.63) is 191 Å². The predicted octanol–water partition coefficient (Wildman–Crippen LogP) is 11.6. The van der Waals surface area contributed by atoms with Crippen LogP contribution in [0.3, 0.4) is 0 Å². The fraction of sp³-hybridized carbons (Fsp3) is 0.351. The maximum absolute atomic E-state index is 13.5. The smallest absolute Gasteiger partial charge is 0.411 e. The van der Waals surface area contributed by atoms with E-state index in [9.17, 15) is 24.3 Å². The second-order valence-corrected chi connectivity index (χ2v) is 19.9. The molecule has 4 aliphatic rings. The van der Waals surface area contributed by atoms with Gasteiger partial charge in [-0.25, -0.2) is 14.0 Å². The van der Waals surface area contributed by atoms with Crippen LogP contribution in [0, 0.1) is 22.6 Å². The Labute approximate surface area is 412 Å². The quantitative estimate of drug-likeness (QED) is 0.148. The van der Waals surface area contributed by atoms with Gasteiger partial charge in [0.1, 0.15) is 17.0 Å². The number of rotatable bonds is 12. The highest BCUT2D eigenvalue weighted by atomic mass is 19.1. The Kier molecular flexibility index (Phi) is 14.7. The highest BCUT2D eigenvalue weighted by molar-refractivity contribution is 6.09. The first-order chi connectivity index (χ1) is 33.1. The fourth-order valence-corrected chi connectivity index (χ4v) is 9.47. The Bertz CT molecular complexity index is 2750. The maximum Gasteiger partial charge on any atom is 0.411 e. The molecular formula is C57H64FN7O5. The molecular weight excluding hydrogens is 882 g/mol. The zero-order chi connectivity index (χ0) is 50.6. The molecule has 0 aromatic heterocycles. The molecule has 12 nitrogen and oxygen atoms in total. The van der Waals surface area contributed by atoms with Crippen molar-refractivity contribution in [1.82, 2.24) is 19.8 Å². The Balaban J connectivity index is 0.000000206. The van der Waals surface area contributed by atoms with Crippen molar-refractivity contribution in [3.8, 4) is 6.07 Å². The van der Waals surface area contributed by atoms with Gasteiger partial charge in [0.15, 0.2) is 0 Å². The van der Waals surface area contributed by atoms with Crippen LogP contribution in [-0.2, 0) is 20.7 Å². The standard InChI is InChI=1S/C29H32N4O2.C28H32FN3O3/c1-21-11-16-26(31-32(21)5)24-14-12-23(13-15-24)22(2)33-18-17-29(35-27(33)34,19-28(3,4)20-30)25-9-7-6-8-10-25;1-19-6-15-25(30-31(19)5)22-9-7-21(8-10-22)20(2)32-17-16-28(35-26(32)33,18-27(3,4)34)23-11-13-24(29)14-12-23/h6-16,22H,1,17-19H2,2-5H3;6-15,20,34H,1,16-18H2,2-5H3/t22-,29-;20-,28-/m00/s1. The van der Waals surface area contributed by atoms with Crippen LogP contribution in [0.5, 0.6) is 0 Å². The third kappa shape index (κ3) is 11.4. The average molecular weight is 946 g/mol. The molecule has 0 radical (unpaired) electrons. The van der Waals surface area contributed by atoms with Crippen molar-refractivity contribution in [1.29, 1.82) is 5.26 Å². The minimum atomic E-state index is -1.07. The number of amides is 2. The molecule has 2 amide bonds. The molecule has 4 aromatic rings. The van der Waals surface area contributed by atoms with E-state index in [0.717, 1.165) is 50.6 Å². The number of carbonyl (C=O) groups is 2. The second kappa shape index (κ2) is 20.3. The number of cyclic esters (lactones) is 2. The molecule has 0 unspecified atom stereocenters. The lowest BCUT2D eigenvalue weighted by Crippen LogP contribution is -2.51. The topological polar surface area (TPSA) is 134 Å². The summed E-state index contributed by atoms with van der Waals surface area (Å²) in [5, 5.41) is 32.8. The number of aliphatic hydroxyl groups is 1. The van der Waals surface area contributed by atoms with E-state index in [4.69, 9.17) is 9.47 Å². The van der Waals surface area contributed by atoms with Gasteiger partial charge in [0.05, 0.1) is 52.0 Å². The third-order valence-corrected chi connectivity index (χ3v) is 13.5. The minimum absolute atomic E-state index is 0.152. The van der Waals surface area contributed by atoms with Gasteiger partial charge in [0, 0.05) is 64.0 Å². The number of carbonyl (C=O) groups excluding carboxylic acids is 2. The van der Waals surface area contributed by atoms with Gasteiger partial charge in [-0.3, -0.25) is 10.0 Å². The van der Waals surface area contributed by atoms with E-state index >= 15 is 0 Å². The zero-order valence-corrected chi connectivity index (χ0v) is 41.5. The van der Waals surface area contributed by atoms with Gasteiger partial charge in [-0.15, -0.1) is 0 Å². The largest absolute Gasteiger partial charge is 0.438 e. The normalized spacial score (nSPS) is 21.4. The first kappa shape index (κ1) is 50.6. The fourth-order valence-electron chi connectivity index (χ4n) is 9.47. The summed E-state index contributed by atoms with van der Waals surface area (Å²) in [6.45, 7) is 20.0. The number of hydrazone groups is 2. The monoisotopic (exact) mass is 945 g/mol. The molecule has 364 valence electrons. The molecule has 2 saturated heterocycles. The first-order valence-electron chi connectivity index (χ1n) is 23.7. The lowest BCUT2D eigenvalue weighted by Gasteiger charge is -2.45.